The van der Waals surface area contributed by atoms with Crippen molar-refractivity contribution in [3.05, 3.63) is 28.8 Å². The second-order valence-electron chi connectivity index (χ2n) is 5.47. The van der Waals surface area contributed by atoms with Crippen LogP contribution in [0.3, 0.4) is 0 Å². The fraction of sp³-hybridized carbons (Fsp3) is 0.429. The number of carbonyl (C=O) groups is 1. The van der Waals surface area contributed by atoms with E-state index >= 15 is 0 Å². The van der Waals surface area contributed by atoms with Gasteiger partial charge in [-0.3, -0.25) is 4.79 Å². The lowest BCUT2D eigenvalue weighted by molar-refractivity contribution is -0.129. The minimum Gasteiger partial charge on any atom is -0.359 e. The third-order valence-corrected chi connectivity index (χ3v) is 3.91. The highest BCUT2D eigenvalue weighted by molar-refractivity contribution is 6.31. The SMILES string of the molecule is CNC(=O)C(C)(C)Cn1c(CCl)nc2cc(F)c(Cl)cc21. The maximum atomic E-state index is 13.5. The zero-order chi connectivity index (χ0) is 15.8. The lowest BCUT2D eigenvalue weighted by Gasteiger charge is -2.24. The van der Waals surface area contributed by atoms with Gasteiger partial charge in [0.15, 0.2) is 0 Å². The van der Waals surface area contributed by atoms with Crippen molar-refractivity contribution in [1.29, 1.82) is 0 Å². The Morgan fingerprint density at radius 1 is 1.48 bits per heavy atom. The minimum absolute atomic E-state index is 0.0162. The van der Waals surface area contributed by atoms with Crippen molar-refractivity contribution in [1.82, 2.24) is 14.9 Å². The third-order valence-electron chi connectivity index (χ3n) is 3.38. The Labute approximate surface area is 132 Å². The van der Waals surface area contributed by atoms with Gasteiger partial charge in [-0.05, 0) is 19.9 Å². The lowest BCUT2D eigenvalue weighted by atomic mass is 9.92. The van der Waals surface area contributed by atoms with Gasteiger partial charge in [-0.15, -0.1) is 11.6 Å². The molecule has 114 valence electrons. The van der Waals surface area contributed by atoms with Gasteiger partial charge in [0.05, 0.1) is 27.4 Å². The van der Waals surface area contributed by atoms with Crippen molar-refractivity contribution in [2.45, 2.75) is 26.3 Å². The molecule has 0 radical (unpaired) electrons. The molecule has 4 nitrogen and oxygen atoms in total. The van der Waals surface area contributed by atoms with Gasteiger partial charge in [0.2, 0.25) is 5.91 Å². The fourth-order valence-electron chi connectivity index (χ4n) is 2.25. The van der Waals surface area contributed by atoms with Gasteiger partial charge in [0.25, 0.3) is 0 Å². The van der Waals surface area contributed by atoms with Crippen molar-refractivity contribution in [2.75, 3.05) is 7.05 Å². The normalized spacial score (nSPS) is 11.9. The number of hydrogen-bond donors (Lipinski definition) is 1. The Balaban J connectivity index is 2.56. The number of benzene rings is 1. The zero-order valence-electron chi connectivity index (χ0n) is 12.0. The second-order valence-corrected chi connectivity index (χ2v) is 6.14. The first-order valence-corrected chi connectivity index (χ1v) is 7.33. The Hall–Kier alpha value is -1.33. The van der Waals surface area contributed by atoms with Gasteiger partial charge in [-0.1, -0.05) is 11.6 Å². The van der Waals surface area contributed by atoms with Crippen molar-refractivity contribution < 1.29 is 9.18 Å². The molecule has 1 N–H and O–H groups in total. The number of hydrogen-bond acceptors (Lipinski definition) is 2. The van der Waals surface area contributed by atoms with Gasteiger partial charge in [-0.2, -0.15) is 0 Å². The molecule has 2 rings (SSSR count). The lowest BCUT2D eigenvalue weighted by Crippen LogP contribution is -2.38. The summed E-state index contributed by atoms with van der Waals surface area (Å²) >= 11 is 11.8. The van der Waals surface area contributed by atoms with Gasteiger partial charge >= 0.3 is 0 Å². The highest BCUT2D eigenvalue weighted by atomic mass is 35.5. The summed E-state index contributed by atoms with van der Waals surface area (Å²) < 4.78 is 15.3. The molecule has 0 aliphatic rings. The van der Waals surface area contributed by atoms with E-state index in [1.807, 2.05) is 18.4 Å². The molecule has 0 bridgehead atoms. The minimum atomic E-state index is -0.663. The highest BCUT2D eigenvalue weighted by Gasteiger charge is 2.29. The summed E-state index contributed by atoms with van der Waals surface area (Å²) in [6.07, 6.45) is 0. The van der Waals surface area contributed by atoms with Gasteiger partial charge < -0.3 is 9.88 Å². The topological polar surface area (TPSA) is 46.9 Å². The maximum Gasteiger partial charge on any atom is 0.227 e. The van der Waals surface area contributed by atoms with Crippen molar-refractivity contribution in [3.8, 4) is 0 Å². The van der Waals surface area contributed by atoms with Crippen LogP contribution in [0.15, 0.2) is 12.1 Å². The highest BCUT2D eigenvalue weighted by Crippen LogP contribution is 2.28. The summed E-state index contributed by atoms with van der Waals surface area (Å²) in [5.41, 5.74) is 0.471. The molecule has 0 fully saturated rings. The predicted octanol–water partition coefficient (Wildman–Crippen LogP) is 3.34. The fourth-order valence-corrected chi connectivity index (χ4v) is 2.62. The van der Waals surface area contributed by atoms with Crippen LogP contribution in [-0.4, -0.2) is 22.5 Å². The molecular formula is C14H16Cl2FN3O. The van der Waals surface area contributed by atoms with E-state index in [9.17, 15) is 9.18 Å². The largest absolute Gasteiger partial charge is 0.359 e. The van der Waals surface area contributed by atoms with Crippen molar-refractivity contribution >= 4 is 40.1 Å². The molecule has 1 heterocycles. The number of amides is 1. The second kappa shape index (κ2) is 5.81. The number of nitrogens with zero attached hydrogens (tertiary/aromatic N) is 2. The summed E-state index contributed by atoms with van der Waals surface area (Å²) in [7, 11) is 1.59. The van der Waals surface area contributed by atoms with Crippen LogP contribution in [0.2, 0.25) is 5.02 Å². The summed E-state index contributed by atoms with van der Waals surface area (Å²) in [4.78, 5) is 16.3. The molecule has 2 aromatic rings. The molecule has 1 aromatic heterocycles. The Morgan fingerprint density at radius 2 is 2.14 bits per heavy atom. The van der Waals surface area contributed by atoms with Crippen LogP contribution in [0.4, 0.5) is 4.39 Å². The molecule has 0 aliphatic heterocycles. The molecule has 1 amide bonds. The van der Waals surface area contributed by atoms with Gasteiger partial charge in [-0.25, -0.2) is 9.37 Å². The first-order valence-electron chi connectivity index (χ1n) is 6.42. The number of carbonyl (C=O) groups excluding carboxylic acids is 1. The molecule has 0 unspecified atom stereocenters. The molecule has 0 saturated carbocycles. The van der Waals surface area contributed by atoms with Crippen LogP contribution in [-0.2, 0) is 17.2 Å². The van der Waals surface area contributed by atoms with Crippen LogP contribution in [0.5, 0.6) is 0 Å². The molecule has 21 heavy (non-hydrogen) atoms. The molecular weight excluding hydrogens is 316 g/mol. The van der Waals surface area contributed by atoms with Crippen LogP contribution in [0.25, 0.3) is 11.0 Å². The number of aromatic nitrogens is 2. The quantitative estimate of drug-likeness (QED) is 0.873. The Bertz CT molecular complexity index is 697. The van der Waals surface area contributed by atoms with Crippen LogP contribution in [0.1, 0.15) is 19.7 Å². The van der Waals surface area contributed by atoms with Gasteiger partial charge in [0, 0.05) is 19.7 Å². The van der Waals surface area contributed by atoms with E-state index in [2.05, 4.69) is 10.3 Å². The summed E-state index contributed by atoms with van der Waals surface area (Å²) in [5, 5.41) is 2.65. The number of halogens is 3. The molecule has 0 atom stereocenters. The van der Waals surface area contributed by atoms with Crippen LogP contribution >= 0.6 is 23.2 Å². The van der Waals surface area contributed by atoms with E-state index in [4.69, 9.17) is 23.2 Å². The van der Waals surface area contributed by atoms with E-state index in [0.29, 0.717) is 23.4 Å². The number of rotatable bonds is 4. The molecule has 0 spiro atoms. The van der Waals surface area contributed by atoms with Crippen LogP contribution in [0, 0.1) is 11.2 Å². The van der Waals surface area contributed by atoms with E-state index in [1.165, 1.54) is 12.1 Å². The molecule has 7 heteroatoms. The number of imidazole rings is 1. The van der Waals surface area contributed by atoms with E-state index in [1.54, 1.807) is 7.05 Å². The molecule has 0 aliphatic carbocycles. The van der Waals surface area contributed by atoms with E-state index in [-0.39, 0.29) is 16.8 Å². The average Bonchev–Trinajstić information content (AvgIpc) is 2.75. The monoisotopic (exact) mass is 331 g/mol. The van der Waals surface area contributed by atoms with Crippen molar-refractivity contribution in [3.63, 3.8) is 0 Å². The number of alkyl halides is 1. The first kappa shape index (κ1) is 16.0. The molecule has 0 saturated heterocycles. The van der Waals surface area contributed by atoms with Gasteiger partial charge in [0.1, 0.15) is 11.6 Å². The van der Waals surface area contributed by atoms with E-state index < -0.39 is 11.2 Å². The Kier molecular flexibility index (Phi) is 4.44. The third kappa shape index (κ3) is 2.99. The standard InChI is InChI=1S/C14H16Cl2FN3O/c1-14(2,13(21)18-3)7-20-11-4-8(16)9(17)5-10(11)19-12(20)6-15/h4-5H,6-7H2,1-3H3,(H,18,21). The summed E-state index contributed by atoms with van der Waals surface area (Å²) in [5.74, 6) is 0.112. The van der Waals surface area contributed by atoms with E-state index in [0.717, 1.165) is 0 Å². The zero-order valence-corrected chi connectivity index (χ0v) is 13.5. The smallest absolute Gasteiger partial charge is 0.227 e. The number of nitrogens with one attached hydrogen (secondary N) is 1. The Morgan fingerprint density at radius 3 is 2.71 bits per heavy atom. The number of fused-ring (bicyclic) bond motifs is 1. The predicted molar refractivity (Wildman–Crippen MR) is 82.1 cm³/mol. The van der Waals surface area contributed by atoms with Crippen LogP contribution < -0.4 is 5.32 Å². The summed E-state index contributed by atoms with van der Waals surface area (Å²) in [6.45, 7) is 4.01. The average molecular weight is 332 g/mol. The summed E-state index contributed by atoms with van der Waals surface area (Å²) in [6, 6.07) is 2.78. The maximum absolute atomic E-state index is 13.5. The van der Waals surface area contributed by atoms with Crippen molar-refractivity contribution in [2.24, 2.45) is 5.41 Å². The first-order chi connectivity index (χ1) is 9.80. The molecule has 1 aromatic carbocycles.